The number of carboxylic acid groups (broad SMARTS) is 1. The second kappa shape index (κ2) is 7.22. The van der Waals surface area contributed by atoms with Gasteiger partial charge in [0.25, 0.3) is 0 Å². The van der Waals surface area contributed by atoms with E-state index in [1.54, 1.807) is 0 Å². The molecule has 1 amide bonds. The molecule has 1 aliphatic rings. The zero-order valence-corrected chi connectivity index (χ0v) is 12.1. The summed E-state index contributed by atoms with van der Waals surface area (Å²) >= 11 is 0. The molecule has 5 nitrogen and oxygen atoms in total. The van der Waals surface area contributed by atoms with Gasteiger partial charge in [0.05, 0.1) is 12.0 Å². The predicted octanol–water partition coefficient (Wildman–Crippen LogP) is 1.61. The highest BCUT2D eigenvalue weighted by Crippen LogP contribution is 2.19. The van der Waals surface area contributed by atoms with E-state index in [2.05, 4.69) is 5.32 Å². The number of carboxylic acids is 1. The van der Waals surface area contributed by atoms with E-state index in [1.165, 1.54) is 0 Å². The van der Waals surface area contributed by atoms with Crippen molar-refractivity contribution in [2.24, 2.45) is 5.92 Å². The molecule has 2 N–H and O–H groups in total. The topological polar surface area (TPSA) is 75.6 Å². The molecular formula is C16H21NO4. The van der Waals surface area contributed by atoms with E-state index >= 15 is 0 Å². The minimum atomic E-state index is -0.903. The number of rotatable bonds is 6. The van der Waals surface area contributed by atoms with E-state index in [4.69, 9.17) is 4.74 Å². The Kier molecular flexibility index (Phi) is 5.33. The van der Waals surface area contributed by atoms with Crippen LogP contribution in [0.5, 0.6) is 0 Å². The number of ether oxygens (including phenoxy) is 1. The largest absolute Gasteiger partial charge is 0.481 e. The Morgan fingerprint density at radius 1 is 1.33 bits per heavy atom. The molecule has 1 aromatic carbocycles. The van der Waals surface area contributed by atoms with Gasteiger partial charge >= 0.3 is 5.97 Å². The lowest BCUT2D eigenvalue weighted by Gasteiger charge is -2.16. The molecule has 0 aliphatic carbocycles. The van der Waals surface area contributed by atoms with E-state index in [-0.39, 0.29) is 18.6 Å². The number of carbonyl (C=O) groups excluding carboxylic acids is 1. The third-order valence-corrected chi connectivity index (χ3v) is 3.72. The molecule has 0 spiro atoms. The molecule has 21 heavy (non-hydrogen) atoms. The van der Waals surface area contributed by atoms with Gasteiger partial charge in [0.1, 0.15) is 6.10 Å². The second-order valence-electron chi connectivity index (χ2n) is 5.48. The molecular weight excluding hydrogens is 270 g/mol. The lowest BCUT2D eigenvalue weighted by molar-refractivity contribution is -0.142. The lowest BCUT2D eigenvalue weighted by atomic mass is 9.99. The molecule has 1 saturated heterocycles. The molecule has 3 atom stereocenters. The number of nitrogens with one attached hydrogen (secondary N) is 1. The van der Waals surface area contributed by atoms with Gasteiger partial charge in [-0.2, -0.15) is 0 Å². The van der Waals surface area contributed by atoms with Crippen LogP contribution in [-0.2, 0) is 20.7 Å². The summed E-state index contributed by atoms with van der Waals surface area (Å²) in [5.41, 5.74) is 0.949. The van der Waals surface area contributed by atoms with Gasteiger partial charge < -0.3 is 15.2 Å². The highest BCUT2D eigenvalue weighted by molar-refractivity contribution is 5.81. The SMILES string of the molecule is CC1CCC(C(=O)NCC(Cc2ccccc2)C(=O)O)O1. The molecule has 0 aromatic heterocycles. The Balaban J connectivity index is 1.85. The maximum Gasteiger partial charge on any atom is 0.308 e. The van der Waals surface area contributed by atoms with Gasteiger partial charge in [-0.05, 0) is 31.7 Å². The summed E-state index contributed by atoms with van der Waals surface area (Å²) in [6.07, 6.45) is 1.62. The van der Waals surface area contributed by atoms with Gasteiger partial charge in [-0.25, -0.2) is 0 Å². The highest BCUT2D eigenvalue weighted by Gasteiger charge is 2.29. The maximum absolute atomic E-state index is 11.9. The summed E-state index contributed by atoms with van der Waals surface area (Å²) < 4.78 is 5.47. The predicted molar refractivity (Wildman–Crippen MR) is 77.9 cm³/mol. The number of carbonyl (C=O) groups is 2. The molecule has 5 heteroatoms. The first-order valence-electron chi connectivity index (χ1n) is 7.26. The molecule has 1 aliphatic heterocycles. The van der Waals surface area contributed by atoms with Gasteiger partial charge in [-0.15, -0.1) is 0 Å². The number of benzene rings is 1. The van der Waals surface area contributed by atoms with Crippen LogP contribution in [-0.4, -0.2) is 35.7 Å². The molecule has 2 rings (SSSR count). The van der Waals surface area contributed by atoms with Crippen LogP contribution >= 0.6 is 0 Å². The highest BCUT2D eigenvalue weighted by atomic mass is 16.5. The van der Waals surface area contributed by atoms with Gasteiger partial charge in [-0.3, -0.25) is 9.59 Å². The first-order valence-corrected chi connectivity index (χ1v) is 7.26. The Morgan fingerprint density at radius 2 is 2.05 bits per heavy atom. The second-order valence-corrected chi connectivity index (χ2v) is 5.48. The summed E-state index contributed by atoms with van der Waals surface area (Å²) in [5, 5.41) is 12.0. The van der Waals surface area contributed by atoms with E-state index < -0.39 is 18.0 Å². The summed E-state index contributed by atoms with van der Waals surface area (Å²) in [6, 6.07) is 9.42. The van der Waals surface area contributed by atoms with Crippen molar-refractivity contribution in [2.45, 2.75) is 38.4 Å². The molecule has 1 heterocycles. The van der Waals surface area contributed by atoms with Crippen molar-refractivity contribution in [1.29, 1.82) is 0 Å². The van der Waals surface area contributed by atoms with Crippen molar-refractivity contribution in [3.63, 3.8) is 0 Å². The first-order chi connectivity index (χ1) is 10.1. The smallest absolute Gasteiger partial charge is 0.308 e. The summed E-state index contributed by atoms with van der Waals surface area (Å²) in [4.78, 5) is 23.2. The summed E-state index contributed by atoms with van der Waals surface area (Å²) in [5.74, 6) is -1.74. The molecule has 114 valence electrons. The van der Waals surface area contributed by atoms with Crippen LogP contribution in [0.2, 0.25) is 0 Å². The van der Waals surface area contributed by atoms with E-state index in [0.29, 0.717) is 12.8 Å². The van der Waals surface area contributed by atoms with Crippen LogP contribution in [0.3, 0.4) is 0 Å². The van der Waals surface area contributed by atoms with Gasteiger partial charge in [0.15, 0.2) is 0 Å². The van der Waals surface area contributed by atoms with Crippen LogP contribution < -0.4 is 5.32 Å². The minimum Gasteiger partial charge on any atom is -0.481 e. The van der Waals surface area contributed by atoms with Crippen LogP contribution in [0, 0.1) is 5.92 Å². The Morgan fingerprint density at radius 3 is 2.62 bits per heavy atom. The maximum atomic E-state index is 11.9. The zero-order valence-electron chi connectivity index (χ0n) is 12.1. The fraction of sp³-hybridized carbons (Fsp3) is 0.500. The number of amides is 1. The van der Waals surface area contributed by atoms with Crippen LogP contribution in [0.1, 0.15) is 25.3 Å². The van der Waals surface area contributed by atoms with Crippen LogP contribution in [0.4, 0.5) is 0 Å². The summed E-state index contributed by atoms with van der Waals surface area (Å²) in [6.45, 7) is 2.06. The Hall–Kier alpha value is -1.88. The van der Waals surface area contributed by atoms with Crippen molar-refractivity contribution >= 4 is 11.9 Å². The fourth-order valence-electron chi connectivity index (χ4n) is 2.48. The van der Waals surface area contributed by atoms with Gasteiger partial charge in [0, 0.05) is 6.54 Å². The number of hydrogen-bond acceptors (Lipinski definition) is 3. The third-order valence-electron chi connectivity index (χ3n) is 3.72. The minimum absolute atomic E-state index is 0.0975. The molecule has 0 radical (unpaired) electrons. The van der Waals surface area contributed by atoms with E-state index in [0.717, 1.165) is 12.0 Å². The molecule has 1 aromatic rings. The average Bonchev–Trinajstić information content (AvgIpc) is 2.90. The fourth-order valence-corrected chi connectivity index (χ4v) is 2.48. The molecule has 0 bridgehead atoms. The van der Waals surface area contributed by atoms with Crippen molar-refractivity contribution < 1.29 is 19.4 Å². The summed E-state index contributed by atoms with van der Waals surface area (Å²) in [7, 11) is 0. The molecule has 3 unspecified atom stereocenters. The average molecular weight is 291 g/mol. The number of aliphatic carboxylic acids is 1. The van der Waals surface area contributed by atoms with E-state index in [1.807, 2.05) is 37.3 Å². The monoisotopic (exact) mass is 291 g/mol. The van der Waals surface area contributed by atoms with Crippen molar-refractivity contribution in [2.75, 3.05) is 6.54 Å². The van der Waals surface area contributed by atoms with Gasteiger partial charge in [0.2, 0.25) is 5.91 Å². The quantitative estimate of drug-likeness (QED) is 0.835. The molecule has 0 saturated carbocycles. The molecule has 1 fully saturated rings. The van der Waals surface area contributed by atoms with Crippen LogP contribution in [0.15, 0.2) is 30.3 Å². The van der Waals surface area contributed by atoms with Crippen LogP contribution in [0.25, 0.3) is 0 Å². The normalized spacial score (nSPS) is 22.7. The van der Waals surface area contributed by atoms with Crippen molar-refractivity contribution in [3.05, 3.63) is 35.9 Å². The third kappa shape index (κ3) is 4.56. The zero-order chi connectivity index (χ0) is 15.2. The van der Waals surface area contributed by atoms with E-state index in [9.17, 15) is 14.7 Å². The Labute approximate surface area is 124 Å². The Bertz CT molecular complexity index is 488. The first kappa shape index (κ1) is 15.5. The number of hydrogen-bond donors (Lipinski definition) is 2. The van der Waals surface area contributed by atoms with Crippen molar-refractivity contribution in [1.82, 2.24) is 5.32 Å². The van der Waals surface area contributed by atoms with Gasteiger partial charge in [-0.1, -0.05) is 30.3 Å². The van der Waals surface area contributed by atoms with Crippen molar-refractivity contribution in [3.8, 4) is 0 Å². The standard InChI is InChI=1S/C16H21NO4/c1-11-7-8-14(21-11)15(18)17-10-13(16(19)20)9-12-5-3-2-4-6-12/h2-6,11,13-14H,7-10H2,1H3,(H,17,18)(H,19,20). The lowest BCUT2D eigenvalue weighted by Crippen LogP contribution is -2.39.